The number of hydrogen-bond acceptors (Lipinski definition) is 4. The molecular weight excluding hydrogens is 398 g/mol. The van der Waals surface area contributed by atoms with Gasteiger partial charge in [-0.1, -0.05) is 30.3 Å². The summed E-state index contributed by atoms with van der Waals surface area (Å²) in [6, 6.07) is 22.5. The van der Waals surface area contributed by atoms with Gasteiger partial charge in [0.05, 0.1) is 7.11 Å². The van der Waals surface area contributed by atoms with E-state index in [0.29, 0.717) is 11.8 Å². The normalized spacial score (nSPS) is 23.0. The number of amides is 1. The van der Waals surface area contributed by atoms with Crippen LogP contribution in [0.5, 0.6) is 5.75 Å². The van der Waals surface area contributed by atoms with Gasteiger partial charge in [-0.25, -0.2) is 0 Å². The smallest absolute Gasteiger partial charge is 0.254 e. The molecule has 1 aromatic heterocycles. The van der Waals surface area contributed by atoms with E-state index < -0.39 is 0 Å². The monoisotopic (exact) mass is 427 g/mol. The molecule has 0 aliphatic carbocycles. The molecule has 5 rings (SSSR count). The van der Waals surface area contributed by atoms with Crippen molar-refractivity contribution in [1.82, 2.24) is 14.8 Å². The topological polar surface area (TPSA) is 45.7 Å². The fourth-order valence-corrected chi connectivity index (χ4v) is 5.40. The third kappa shape index (κ3) is 4.13. The maximum Gasteiger partial charge on any atom is 0.254 e. The first-order valence-corrected chi connectivity index (χ1v) is 11.3. The van der Waals surface area contributed by atoms with Crippen LogP contribution in [-0.2, 0) is 6.54 Å². The highest BCUT2D eigenvalue weighted by molar-refractivity contribution is 5.94. The van der Waals surface area contributed by atoms with E-state index in [1.54, 1.807) is 7.11 Å². The van der Waals surface area contributed by atoms with E-state index >= 15 is 0 Å². The highest BCUT2D eigenvalue weighted by Crippen LogP contribution is 2.43. The Balaban J connectivity index is 1.43. The Bertz CT molecular complexity index is 1060. The molecule has 5 heteroatoms. The molecule has 2 aliphatic heterocycles. The van der Waals surface area contributed by atoms with Crippen molar-refractivity contribution < 1.29 is 9.53 Å². The highest BCUT2D eigenvalue weighted by atomic mass is 16.5. The van der Waals surface area contributed by atoms with E-state index in [0.717, 1.165) is 43.9 Å². The predicted molar refractivity (Wildman–Crippen MR) is 125 cm³/mol. The standard InChI is InChI=1S/C27H29N3O2/c1-32-23-9-5-8-22(16-23)24-19-30(27(31)21-6-3-2-4-7-21)26-12-15-29(18-25(24)26)17-20-10-13-28-14-11-20/h2-11,13-14,16,24-26H,12,15,17-19H2,1H3/t24-,25-,26-/m1/s1. The minimum absolute atomic E-state index is 0.147. The summed E-state index contributed by atoms with van der Waals surface area (Å²) < 4.78 is 5.50. The van der Waals surface area contributed by atoms with Gasteiger partial charge in [0.1, 0.15) is 5.75 Å². The summed E-state index contributed by atoms with van der Waals surface area (Å²) in [5.74, 6) is 1.71. The number of aromatic nitrogens is 1. The first-order valence-electron chi connectivity index (χ1n) is 11.3. The molecular formula is C27H29N3O2. The Morgan fingerprint density at radius 3 is 2.62 bits per heavy atom. The van der Waals surface area contributed by atoms with Crippen LogP contribution in [0.1, 0.15) is 33.8 Å². The van der Waals surface area contributed by atoms with E-state index in [1.165, 1.54) is 11.1 Å². The number of pyridine rings is 1. The lowest BCUT2D eigenvalue weighted by Crippen LogP contribution is -2.47. The van der Waals surface area contributed by atoms with Gasteiger partial charge in [-0.15, -0.1) is 0 Å². The van der Waals surface area contributed by atoms with Crippen LogP contribution in [0.15, 0.2) is 79.1 Å². The quantitative estimate of drug-likeness (QED) is 0.612. The molecule has 164 valence electrons. The van der Waals surface area contributed by atoms with Crippen molar-refractivity contribution in [3.05, 3.63) is 95.8 Å². The van der Waals surface area contributed by atoms with Crippen LogP contribution in [0.25, 0.3) is 0 Å². The Kier molecular flexibility index (Phi) is 5.91. The minimum Gasteiger partial charge on any atom is -0.497 e. The fourth-order valence-electron chi connectivity index (χ4n) is 5.40. The third-order valence-corrected chi connectivity index (χ3v) is 6.97. The molecule has 0 bridgehead atoms. The Labute approximate surface area is 189 Å². The zero-order valence-electron chi connectivity index (χ0n) is 18.4. The van der Waals surface area contributed by atoms with E-state index in [4.69, 9.17) is 4.74 Å². The largest absolute Gasteiger partial charge is 0.497 e. The molecule has 3 atom stereocenters. The van der Waals surface area contributed by atoms with Crippen molar-refractivity contribution in [3.8, 4) is 5.75 Å². The fraction of sp³-hybridized carbons (Fsp3) is 0.333. The van der Waals surface area contributed by atoms with Crippen LogP contribution in [0.3, 0.4) is 0 Å². The number of methoxy groups -OCH3 is 1. The number of likely N-dealkylation sites (tertiary alicyclic amines) is 2. The first-order chi connectivity index (χ1) is 15.7. The highest BCUT2D eigenvalue weighted by Gasteiger charge is 2.47. The summed E-state index contributed by atoms with van der Waals surface area (Å²) in [5, 5.41) is 0. The van der Waals surface area contributed by atoms with Crippen LogP contribution < -0.4 is 4.74 Å². The second-order valence-electron chi connectivity index (χ2n) is 8.82. The number of nitrogens with zero attached hydrogens (tertiary/aromatic N) is 3. The number of carbonyl (C=O) groups is 1. The van der Waals surface area contributed by atoms with Crippen molar-refractivity contribution in [2.24, 2.45) is 5.92 Å². The number of rotatable bonds is 5. The van der Waals surface area contributed by atoms with Crippen molar-refractivity contribution in [3.63, 3.8) is 0 Å². The molecule has 5 nitrogen and oxygen atoms in total. The molecule has 2 saturated heterocycles. The zero-order chi connectivity index (χ0) is 21.9. The van der Waals surface area contributed by atoms with Crippen LogP contribution in [0.4, 0.5) is 0 Å². The van der Waals surface area contributed by atoms with Gasteiger partial charge in [-0.05, 0) is 53.9 Å². The van der Waals surface area contributed by atoms with Crippen molar-refractivity contribution >= 4 is 5.91 Å². The van der Waals surface area contributed by atoms with Crippen LogP contribution in [0.2, 0.25) is 0 Å². The predicted octanol–water partition coefficient (Wildman–Crippen LogP) is 4.22. The molecule has 2 aromatic carbocycles. The SMILES string of the molecule is COc1cccc([C@H]2CN(C(=O)c3ccccc3)[C@@H]3CCN(Cc4ccncc4)C[C@H]23)c1. The number of carbonyl (C=O) groups excluding carboxylic acids is 1. The maximum atomic E-state index is 13.5. The lowest BCUT2D eigenvalue weighted by molar-refractivity contribution is 0.0614. The maximum absolute atomic E-state index is 13.5. The average Bonchev–Trinajstić information content (AvgIpc) is 3.23. The second-order valence-corrected chi connectivity index (χ2v) is 8.82. The summed E-state index contributed by atoms with van der Waals surface area (Å²) in [4.78, 5) is 22.3. The van der Waals surface area contributed by atoms with Crippen LogP contribution in [0, 0.1) is 5.92 Å². The molecule has 1 amide bonds. The summed E-state index contributed by atoms with van der Waals surface area (Å²) >= 11 is 0. The van der Waals surface area contributed by atoms with Crippen LogP contribution >= 0.6 is 0 Å². The van der Waals surface area contributed by atoms with Crippen molar-refractivity contribution in [1.29, 1.82) is 0 Å². The molecule has 3 heterocycles. The summed E-state index contributed by atoms with van der Waals surface area (Å²) in [5.41, 5.74) is 3.32. The lowest BCUT2D eigenvalue weighted by Gasteiger charge is -2.39. The van der Waals surface area contributed by atoms with Gasteiger partial charge in [0.15, 0.2) is 0 Å². The van der Waals surface area contributed by atoms with Crippen molar-refractivity contribution in [2.75, 3.05) is 26.7 Å². The molecule has 3 aromatic rings. The second kappa shape index (κ2) is 9.13. The van der Waals surface area contributed by atoms with Crippen LogP contribution in [-0.4, -0.2) is 53.5 Å². The van der Waals surface area contributed by atoms with Gasteiger partial charge in [0, 0.05) is 62.0 Å². The molecule has 32 heavy (non-hydrogen) atoms. The van der Waals surface area contributed by atoms with Gasteiger partial charge in [0.2, 0.25) is 0 Å². The summed E-state index contributed by atoms with van der Waals surface area (Å²) in [6.45, 7) is 3.64. The number of fused-ring (bicyclic) bond motifs is 1. The van der Waals surface area contributed by atoms with Gasteiger partial charge in [-0.3, -0.25) is 14.7 Å². The number of piperidine rings is 1. The third-order valence-electron chi connectivity index (χ3n) is 6.97. The first kappa shape index (κ1) is 20.7. The summed E-state index contributed by atoms with van der Waals surface area (Å²) in [7, 11) is 1.71. The van der Waals surface area contributed by atoms with Crippen molar-refractivity contribution in [2.45, 2.75) is 24.9 Å². The molecule has 0 unspecified atom stereocenters. The molecule has 2 aliphatic rings. The molecule has 0 spiro atoms. The molecule has 2 fully saturated rings. The molecule has 0 N–H and O–H groups in total. The summed E-state index contributed by atoms with van der Waals surface area (Å²) in [6.07, 6.45) is 4.71. The Morgan fingerprint density at radius 2 is 1.84 bits per heavy atom. The number of hydrogen-bond donors (Lipinski definition) is 0. The van der Waals surface area contributed by atoms with Gasteiger partial charge in [-0.2, -0.15) is 0 Å². The van der Waals surface area contributed by atoms with E-state index in [-0.39, 0.29) is 11.9 Å². The zero-order valence-corrected chi connectivity index (χ0v) is 18.4. The van der Waals surface area contributed by atoms with E-state index in [1.807, 2.05) is 48.8 Å². The number of benzene rings is 2. The lowest BCUT2D eigenvalue weighted by atomic mass is 9.81. The van der Waals surface area contributed by atoms with Gasteiger partial charge < -0.3 is 9.64 Å². The molecule has 0 saturated carbocycles. The number of ether oxygens (including phenoxy) is 1. The average molecular weight is 428 g/mol. The van der Waals surface area contributed by atoms with Gasteiger partial charge in [0.25, 0.3) is 5.91 Å². The van der Waals surface area contributed by atoms with Gasteiger partial charge >= 0.3 is 0 Å². The Morgan fingerprint density at radius 1 is 1.03 bits per heavy atom. The minimum atomic E-state index is 0.147. The Hall–Kier alpha value is -3.18. The molecule has 0 radical (unpaired) electrons. The van der Waals surface area contributed by atoms with E-state index in [2.05, 4.69) is 45.1 Å². The van der Waals surface area contributed by atoms with E-state index in [9.17, 15) is 4.79 Å².